The van der Waals surface area contributed by atoms with Crippen LogP contribution in [0.4, 0.5) is 0 Å². The maximum atomic E-state index is 12.8. The highest BCUT2D eigenvalue weighted by Crippen LogP contribution is 2.40. The molecule has 1 heterocycles. The molecule has 1 N–H and O–H groups in total. The van der Waals surface area contributed by atoms with E-state index in [1.54, 1.807) is 18.2 Å². The Kier molecular flexibility index (Phi) is 3.54. The van der Waals surface area contributed by atoms with Gasteiger partial charge in [0.15, 0.2) is 5.78 Å². The highest BCUT2D eigenvalue weighted by molar-refractivity contribution is 6.34. The minimum absolute atomic E-state index is 0.131. The average molecular weight is 326 g/mol. The monoisotopic (exact) mass is 325 g/mol. The van der Waals surface area contributed by atoms with Gasteiger partial charge in [-0.1, -0.05) is 23.2 Å². The van der Waals surface area contributed by atoms with Gasteiger partial charge in [-0.2, -0.15) is 0 Å². The SMILES string of the molecule is O=C1CCC2(CC1)NC(=O)C(c1cc(Cl)ccc1Cl)C2=O. The van der Waals surface area contributed by atoms with Crippen LogP contribution in [-0.4, -0.2) is 23.0 Å². The van der Waals surface area contributed by atoms with Crippen molar-refractivity contribution in [2.75, 3.05) is 0 Å². The van der Waals surface area contributed by atoms with Crippen molar-refractivity contribution in [2.24, 2.45) is 0 Å². The van der Waals surface area contributed by atoms with Crippen LogP contribution in [0.1, 0.15) is 37.2 Å². The Hall–Kier alpha value is -1.39. The topological polar surface area (TPSA) is 63.2 Å². The number of Topliss-reactive ketones (excluding diaryl/α,β-unsaturated/α-hetero) is 2. The first-order valence-corrected chi connectivity index (χ1v) is 7.51. The summed E-state index contributed by atoms with van der Waals surface area (Å²) in [6.07, 6.45) is 1.38. The molecule has 0 aromatic heterocycles. The largest absolute Gasteiger partial charge is 0.343 e. The second-order valence-corrected chi connectivity index (χ2v) is 6.42. The molecule has 1 aliphatic heterocycles. The van der Waals surface area contributed by atoms with Crippen molar-refractivity contribution in [3.8, 4) is 0 Å². The molecule has 1 aromatic carbocycles. The van der Waals surface area contributed by atoms with Gasteiger partial charge in [0.1, 0.15) is 17.2 Å². The fourth-order valence-electron chi connectivity index (χ4n) is 3.11. The maximum Gasteiger partial charge on any atom is 0.236 e. The summed E-state index contributed by atoms with van der Waals surface area (Å²) in [4.78, 5) is 36.4. The van der Waals surface area contributed by atoms with Crippen LogP contribution < -0.4 is 5.32 Å². The molecule has 0 bridgehead atoms. The van der Waals surface area contributed by atoms with E-state index in [1.807, 2.05) is 0 Å². The zero-order valence-electron chi connectivity index (χ0n) is 11.1. The van der Waals surface area contributed by atoms with E-state index in [9.17, 15) is 14.4 Å². The second kappa shape index (κ2) is 5.11. The molecule has 1 aliphatic carbocycles. The Bertz CT molecular complexity index is 646. The van der Waals surface area contributed by atoms with Crippen LogP contribution >= 0.6 is 23.2 Å². The van der Waals surface area contributed by atoms with Gasteiger partial charge < -0.3 is 5.32 Å². The van der Waals surface area contributed by atoms with Crippen molar-refractivity contribution < 1.29 is 14.4 Å². The third-order valence-electron chi connectivity index (χ3n) is 4.29. The molecule has 1 atom stereocenters. The lowest BCUT2D eigenvalue weighted by molar-refractivity contribution is -0.127. The van der Waals surface area contributed by atoms with Crippen molar-refractivity contribution >= 4 is 40.7 Å². The molecule has 1 amide bonds. The van der Waals surface area contributed by atoms with Gasteiger partial charge in [0.25, 0.3) is 0 Å². The summed E-state index contributed by atoms with van der Waals surface area (Å²) in [6, 6.07) is 4.74. The number of hydrogen-bond acceptors (Lipinski definition) is 3. The van der Waals surface area contributed by atoms with E-state index < -0.39 is 11.5 Å². The molecule has 4 nitrogen and oxygen atoms in total. The summed E-state index contributed by atoms with van der Waals surface area (Å²) < 4.78 is 0. The molecule has 3 rings (SSSR count). The molecule has 1 unspecified atom stereocenters. The quantitative estimate of drug-likeness (QED) is 0.807. The lowest BCUT2D eigenvalue weighted by Crippen LogP contribution is -2.49. The van der Waals surface area contributed by atoms with Gasteiger partial charge in [-0.15, -0.1) is 0 Å². The number of carbonyl (C=O) groups is 3. The van der Waals surface area contributed by atoms with E-state index in [4.69, 9.17) is 23.2 Å². The molecular formula is C15H13Cl2NO3. The van der Waals surface area contributed by atoms with E-state index >= 15 is 0 Å². The summed E-state index contributed by atoms with van der Waals surface area (Å²) in [7, 11) is 0. The van der Waals surface area contributed by atoms with Crippen molar-refractivity contribution in [2.45, 2.75) is 37.1 Å². The molecule has 21 heavy (non-hydrogen) atoms. The van der Waals surface area contributed by atoms with E-state index in [-0.39, 0.29) is 17.5 Å². The smallest absolute Gasteiger partial charge is 0.236 e. The Labute approximate surface area is 131 Å². The molecular weight excluding hydrogens is 313 g/mol. The molecule has 110 valence electrons. The predicted octanol–water partition coefficient (Wildman–Crippen LogP) is 2.66. The minimum Gasteiger partial charge on any atom is -0.343 e. The molecule has 1 saturated heterocycles. The van der Waals surface area contributed by atoms with E-state index in [0.717, 1.165) is 0 Å². The summed E-state index contributed by atoms with van der Waals surface area (Å²) >= 11 is 12.1. The Morgan fingerprint density at radius 2 is 1.76 bits per heavy atom. The third kappa shape index (κ3) is 2.36. The number of hydrogen-bond donors (Lipinski definition) is 1. The Balaban J connectivity index is 1.98. The molecule has 0 radical (unpaired) electrons. The van der Waals surface area contributed by atoms with Gasteiger partial charge in [-0.05, 0) is 36.6 Å². The fraction of sp³-hybridized carbons (Fsp3) is 0.400. The summed E-state index contributed by atoms with van der Waals surface area (Å²) in [5.41, 5.74) is -0.484. The van der Waals surface area contributed by atoms with Crippen LogP contribution in [0.15, 0.2) is 18.2 Å². The predicted molar refractivity (Wildman–Crippen MR) is 78.6 cm³/mol. The molecule has 1 saturated carbocycles. The van der Waals surface area contributed by atoms with Crippen LogP contribution in [0.2, 0.25) is 10.0 Å². The fourth-order valence-corrected chi connectivity index (χ4v) is 3.52. The van der Waals surface area contributed by atoms with Crippen LogP contribution in [0.5, 0.6) is 0 Å². The molecule has 2 fully saturated rings. The number of benzene rings is 1. The van der Waals surface area contributed by atoms with Gasteiger partial charge in [0.2, 0.25) is 5.91 Å². The average Bonchev–Trinajstić information content (AvgIpc) is 2.68. The molecule has 1 spiro atoms. The molecule has 1 aromatic rings. The zero-order valence-corrected chi connectivity index (χ0v) is 12.6. The van der Waals surface area contributed by atoms with Crippen LogP contribution in [0.3, 0.4) is 0 Å². The Morgan fingerprint density at radius 3 is 2.43 bits per heavy atom. The van der Waals surface area contributed by atoms with E-state index in [0.29, 0.717) is 41.3 Å². The first-order valence-electron chi connectivity index (χ1n) is 6.76. The first kappa shape index (κ1) is 14.5. The molecule has 6 heteroatoms. The highest BCUT2D eigenvalue weighted by atomic mass is 35.5. The molecule has 2 aliphatic rings. The number of carbonyl (C=O) groups excluding carboxylic acids is 3. The normalized spacial score (nSPS) is 24.5. The lowest BCUT2D eigenvalue weighted by atomic mass is 9.76. The Morgan fingerprint density at radius 1 is 1.10 bits per heavy atom. The van der Waals surface area contributed by atoms with Gasteiger partial charge in [-0.3, -0.25) is 14.4 Å². The summed E-state index contributed by atoms with van der Waals surface area (Å²) in [5, 5.41) is 3.56. The van der Waals surface area contributed by atoms with Crippen LogP contribution in [-0.2, 0) is 14.4 Å². The second-order valence-electron chi connectivity index (χ2n) is 5.57. The zero-order chi connectivity index (χ0) is 15.2. The standard InChI is InChI=1S/C15H13Cl2NO3/c16-8-1-2-11(17)10(7-8)12-13(20)15(18-14(12)21)5-3-9(19)4-6-15/h1-2,7,12H,3-6H2,(H,18,21). The number of ketones is 2. The first-order chi connectivity index (χ1) is 9.93. The van der Waals surface area contributed by atoms with E-state index in [1.165, 1.54) is 0 Å². The summed E-state index contributed by atoms with van der Waals surface area (Å²) in [5.74, 6) is -1.38. The number of halogens is 2. The highest BCUT2D eigenvalue weighted by Gasteiger charge is 2.54. The summed E-state index contributed by atoms with van der Waals surface area (Å²) in [6.45, 7) is 0. The minimum atomic E-state index is -0.940. The van der Waals surface area contributed by atoms with Crippen molar-refractivity contribution in [3.63, 3.8) is 0 Å². The maximum absolute atomic E-state index is 12.8. The van der Waals surface area contributed by atoms with Crippen molar-refractivity contribution in [1.82, 2.24) is 5.32 Å². The van der Waals surface area contributed by atoms with Crippen LogP contribution in [0.25, 0.3) is 0 Å². The lowest BCUT2D eigenvalue weighted by Gasteiger charge is -2.30. The number of nitrogens with one attached hydrogen (secondary N) is 1. The van der Waals surface area contributed by atoms with Gasteiger partial charge >= 0.3 is 0 Å². The third-order valence-corrected chi connectivity index (χ3v) is 4.87. The number of rotatable bonds is 1. The van der Waals surface area contributed by atoms with Gasteiger partial charge in [0, 0.05) is 22.9 Å². The van der Waals surface area contributed by atoms with Gasteiger partial charge in [-0.25, -0.2) is 0 Å². The van der Waals surface area contributed by atoms with Crippen molar-refractivity contribution in [3.05, 3.63) is 33.8 Å². The van der Waals surface area contributed by atoms with Crippen molar-refractivity contribution in [1.29, 1.82) is 0 Å². The van der Waals surface area contributed by atoms with E-state index in [2.05, 4.69) is 5.32 Å². The van der Waals surface area contributed by atoms with Gasteiger partial charge in [0.05, 0.1) is 0 Å². The van der Waals surface area contributed by atoms with Crippen LogP contribution in [0, 0.1) is 0 Å². The number of amides is 1.